The van der Waals surface area contributed by atoms with E-state index < -0.39 is 0 Å². The number of aromatic nitrogens is 3. The van der Waals surface area contributed by atoms with Crippen molar-refractivity contribution >= 4 is 5.91 Å². The predicted molar refractivity (Wildman–Crippen MR) is 51.1 cm³/mol. The van der Waals surface area contributed by atoms with Gasteiger partial charge in [0.15, 0.2) is 5.82 Å². The largest absolute Gasteiger partial charge is 0.349 e. The molecule has 0 spiro atoms. The molecule has 14 heavy (non-hydrogen) atoms. The zero-order chi connectivity index (χ0) is 10.6. The number of hydrogen-bond donors (Lipinski definition) is 2. The molecule has 0 bridgehead atoms. The quantitative estimate of drug-likeness (QED) is 0.659. The van der Waals surface area contributed by atoms with Crippen LogP contribution in [0.4, 0.5) is 0 Å². The lowest BCUT2D eigenvalue weighted by Crippen LogP contribution is -2.29. The molecule has 3 N–H and O–H groups in total. The highest BCUT2D eigenvalue weighted by atomic mass is 16.1. The van der Waals surface area contributed by atoms with Gasteiger partial charge in [-0.2, -0.15) is 5.10 Å². The summed E-state index contributed by atoms with van der Waals surface area (Å²) in [4.78, 5) is 15.2. The molecule has 0 saturated heterocycles. The fourth-order valence-corrected chi connectivity index (χ4v) is 1.01. The van der Waals surface area contributed by atoms with Crippen LogP contribution in [0.5, 0.6) is 0 Å². The molecule has 0 aliphatic carbocycles. The van der Waals surface area contributed by atoms with Crippen molar-refractivity contribution in [2.75, 3.05) is 0 Å². The second-order valence-corrected chi connectivity index (χ2v) is 3.29. The van der Waals surface area contributed by atoms with Crippen LogP contribution in [0.2, 0.25) is 0 Å². The van der Waals surface area contributed by atoms with E-state index in [1.54, 1.807) is 25.0 Å². The number of rotatable bonds is 4. The molecule has 1 unspecified atom stereocenters. The average Bonchev–Trinajstić information content (AvgIpc) is 2.47. The van der Waals surface area contributed by atoms with Crippen LogP contribution >= 0.6 is 0 Å². The number of hydrogen-bond acceptors (Lipinski definition) is 4. The molecule has 0 aliphatic heterocycles. The van der Waals surface area contributed by atoms with Crippen LogP contribution in [0.3, 0.4) is 0 Å². The SMILES string of the molecule is CC(N)CC(=O)NCc1ncn(C)n1. The van der Waals surface area contributed by atoms with Crippen LogP contribution in [0, 0.1) is 0 Å². The van der Waals surface area contributed by atoms with Gasteiger partial charge in [-0.15, -0.1) is 0 Å². The van der Waals surface area contributed by atoms with Gasteiger partial charge in [-0.1, -0.05) is 0 Å². The smallest absolute Gasteiger partial charge is 0.221 e. The first kappa shape index (κ1) is 10.6. The molecule has 6 heteroatoms. The second kappa shape index (κ2) is 4.71. The maximum absolute atomic E-state index is 11.2. The van der Waals surface area contributed by atoms with Crippen molar-refractivity contribution in [3.63, 3.8) is 0 Å². The van der Waals surface area contributed by atoms with Crippen molar-refractivity contribution in [1.29, 1.82) is 0 Å². The lowest BCUT2D eigenvalue weighted by molar-refractivity contribution is -0.121. The molecule has 0 radical (unpaired) electrons. The van der Waals surface area contributed by atoms with Gasteiger partial charge in [-0.3, -0.25) is 9.48 Å². The summed E-state index contributed by atoms with van der Waals surface area (Å²) in [5.41, 5.74) is 5.47. The standard InChI is InChI=1S/C8H15N5O/c1-6(9)3-8(14)10-4-7-11-5-13(2)12-7/h5-6H,3-4,9H2,1-2H3,(H,10,14). The van der Waals surface area contributed by atoms with Crippen molar-refractivity contribution < 1.29 is 4.79 Å². The van der Waals surface area contributed by atoms with E-state index in [2.05, 4.69) is 15.4 Å². The molecule has 1 atom stereocenters. The van der Waals surface area contributed by atoms with Gasteiger partial charge < -0.3 is 11.1 Å². The topological polar surface area (TPSA) is 85.8 Å². The molecule has 0 aliphatic rings. The van der Waals surface area contributed by atoms with E-state index >= 15 is 0 Å². The van der Waals surface area contributed by atoms with Crippen LogP contribution in [-0.4, -0.2) is 26.7 Å². The molecule has 78 valence electrons. The Balaban J connectivity index is 2.30. The van der Waals surface area contributed by atoms with Gasteiger partial charge in [0.05, 0.1) is 6.54 Å². The number of nitrogens with one attached hydrogen (secondary N) is 1. The number of nitrogens with two attached hydrogens (primary N) is 1. The summed E-state index contributed by atoms with van der Waals surface area (Å²) in [5, 5.41) is 6.71. The summed E-state index contributed by atoms with van der Waals surface area (Å²) in [6, 6.07) is -0.119. The third kappa shape index (κ3) is 3.53. The summed E-state index contributed by atoms with van der Waals surface area (Å²) in [6.07, 6.45) is 1.92. The van der Waals surface area contributed by atoms with Crippen molar-refractivity contribution in [3.05, 3.63) is 12.2 Å². The van der Waals surface area contributed by atoms with Gasteiger partial charge in [-0.25, -0.2) is 4.98 Å². The Bertz CT molecular complexity index is 306. The number of carbonyl (C=O) groups is 1. The Morgan fingerprint density at radius 2 is 2.50 bits per heavy atom. The second-order valence-electron chi connectivity index (χ2n) is 3.29. The van der Waals surface area contributed by atoms with E-state index in [1.165, 1.54) is 0 Å². The average molecular weight is 197 g/mol. The van der Waals surface area contributed by atoms with E-state index in [9.17, 15) is 4.79 Å². The van der Waals surface area contributed by atoms with Gasteiger partial charge in [0, 0.05) is 19.5 Å². The van der Waals surface area contributed by atoms with Crippen LogP contribution in [0.1, 0.15) is 19.2 Å². The zero-order valence-electron chi connectivity index (χ0n) is 8.40. The minimum atomic E-state index is -0.119. The van der Waals surface area contributed by atoms with Crippen LogP contribution in [-0.2, 0) is 18.4 Å². The lowest BCUT2D eigenvalue weighted by Gasteiger charge is -2.04. The van der Waals surface area contributed by atoms with Gasteiger partial charge in [0.1, 0.15) is 6.33 Å². The molecule has 0 fully saturated rings. The minimum Gasteiger partial charge on any atom is -0.349 e. The van der Waals surface area contributed by atoms with Gasteiger partial charge in [0.2, 0.25) is 5.91 Å². The highest BCUT2D eigenvalue weighted by Gasteiger charge is 2.05. The normalized spacial score (nSPS) is 12.5. The molecule has 1 amide bonds. The Kier molecular flexibility index (Phi) is 3.58. The number of carbonyl (C=O) groups excluding carboxylic acids is 1. The van der Waals surface area contributed by atoms with E-state index in [0.717, 1.165) is 0 Å². The lowest BCUT2D eigenvalue weighted by atomic mass is 10.2. The fourth-order valence-electron chi connectivity index (χ4n) is 1.01. The van der Waals surface area contributed by atoms with Crippen molar-refractivity contribution in [1.82, 2.24) is 20.1 Å². The molecule has 1 heterocycles. The van der Waals surface area contributed by atoms with E-state index in [4.69, 9.17) is 5.73 Å². The van der Waals surface area contributed by atoms with Crippen molar-refractivity contribution in [2.45, 2.75) is 25.9 Å². The maximum Gasteiger partial charge on any atom is 0.221 e. The van der Waals surface area contributed by atoms with E-state index in [0.29, 0.717) is 18.8 Å². The van der Waals surface area contributed by atoms with Crippen LogP contribution in [0.25, 0.3) is 0 Å². The molecule has 1 rings (SSSR count). The monoisotopic (exact) mass is 197 g/mol. The number of aryl methyl sites for hydroxylation is 1. The maximum atomic E-state index is 11.2. The molecule has 6 nitrogen and oxygen atoms in total. The Morgan fingerprint density at radius 1 is 1.79 bits per heavy atom. The molecular formula is C8H15N5O. The molecule has 0 aromatic carbocycles. The Labute approximate surface area is 82.5 Å². The summed E-state index contributed by atoms with van der Waals surface area (Å²) < 4.78 is 1.59. The summed E-state index contributed by atoms with van der Waals surface area (Å²) >= 11 is 0. The summed E-state index contributed by atoms with van der Waals surface area (Å²) in [5.74, 6) is 0.526. The fraction of sp³-hybridized carbons (Fsp3) is 0.625. The summed E-state index contributed by atoms with van der Waals surface area (Å²) in [6.45, 7) is 2.14. The zero-order valence-corrected chi connectivity index (χ0v) is 8.40. The Hall–Kier alpha value is -1.43. The van der Waals surface area contributed by atoms with E-state index in [1.807, 2.05) is 0 Å². The third-order valence-electron chi connectivity index (χ3n) is 1.60. The molecule has 0 saturated carbocycles. The van der Waals surface area contributed by atoms with Crippen molar-refractivity contribution in [3.8, 4) is 0 Å². The highest BCUT2D eigenvalue weighted by molar-refractivity contribution is 5.76. The van der Waals surface area contributed by atoms with Crippen LogP contribution < -0.4 is 11.1 Å². The first-order valence-corrected chi connectivity index (χ1v) is 4.44. The minimum absolute atomic E-state index is 0.0764. The van der Waals surface area contributed by atoms with Gasteiger partial charge in [0.25, 0.3) is 0 Å². The molecule has 1 aromatic rings. The van der Waals surface area contributed by atoms with Gasteiger partial charge >= 0.3 is 0 Å². The first-order chi connectivity index (χ1) is 6.58. The molecular weight excluding hydrogens is 182 g/mol. The number of nitrogens with zero attached hydrogens (tertiary/aromatic N) is 3. The Morgan fingerprint density at radius 3 is 3.00 bits per heavy atom. The van der Waals surface area contributed by atoms with E-state index in [-0.39, 0.29) is 11.9 Å². The van der Waals surface area contributed by atoms with Crippen LogP contribution in [0.15, 0.2) is 6.33 Å². The predicted octanol–water partition coefficient (Wildman–Crippen LogP) is -0.831. The number of amides is 1. The highest BCUT2D eigenvalue weighted by Crippen LogP contribution is 1.89. The first-order valence-electron chi connectivity index (χ1n) is 4.44. The third-order valence-corrected chi connectivity index (χ3v) is 1.60. The van der Waals surface area contributed by atoms with Gasteiger partial charge in [-0.05, 0) is 6.92 Å². The van der Waals surface area contributed by atoms with Crippen molar-refractivity contribution in [2.24, 2.45) is 12.8 Å². The molecule has 1 aromatic heterocycles. The summed E-state index contributed by atoms with van der Waals surface area (Å²) in [7, 11) is 1.78.